The second-order valence-electron chi connectivity index (χ2n) is 4.40. The molecule has 0 N–H and O–H groups in total. The van der Waals surface area contributed by atoms with Crippen molar-refractivity contribution >= 4 is 0 Å². The van der Waals surface area contributed by atoms with E-state index in [1.807, 2.05) is 7.11 Å². The maximum Gasteiger partial charge on any atom is 0.0678 e. The Bertz CT molecular complexity index is 122. The molecule has 0 aliphatic heterocycles. The molecule has 1 nitrogen and oxygen atoms in total. The summed E-state index contributed by atoms with van der Waals surface area (Å²) in [6, 6.07) is 0. The summed E-state index contributed by atoms with van der Waals surface area (Å²) >= 11 is 0. The molecular weight excluding hydrogens is 160 g/mol. The van der Waals surface area contributed by atoms with Crippen molar-refractivity contribution in [2.45, 2.75) is 70.3 Å². The smallest absolute Gasteiger partial charge is 0.0678 e. The van der Waals surface area contributed by atoms with E-state index < -0.39 is 0 Å². The highest BCUT2D eigenvalue weighted by molar-refractivity contribution is 4.88. The molecule has 1 rings (SSSR count). The van der Waals surface area contributed by atoms with Crippen LogP contribution in [0.2, 0.25) is 0 Å². The Balaban J connectivity index is 1.98. The van der Waals surface area contributed by atoms with Gasteiger partial charge in [0.2, 0.25) is 0 Å². The molecule has 1 heteroatoms. The van der Waals surface area contributed by atoms with E-state index in [0.29, 0.717) is 5.60 Å². The molecule has 0 heterocycles. The van der Waals surface area contributed by atoms with Crippen LogP contribution in [0.1, 0.15) is 64.7 Å². The number of unbranched alkanes of at least 4 members (excludes halogenated alkanes) is 4. The number of ether oxygens (including phenoxy) is 1. The average molecular weight is 184 g/mol. The average Bonchev–Trinajstić information content (AvgIpc) is 2.09. The quantitative estimate of drug-likeness (QED) is 0.545. The Hall–Kier alpha value is -0.0400. The molecule has 0 aromatic rings. The summed E-state index contributed by atoms with van der Waals surface area (Å²) in [6.07, 6.45) is 12.2. The predicted molar refractivity (Wildman–Crippen MR) is 57.0 cm³/mol. The van der Waals surface area contributed by atoms with Crippen molar-refractivity contribution < 1.29 is 4.74 Å². The van der Waals surface area contributed by atoms with Crippen LogP contribution in [0.4, 0.5) is 0 Å². The first-order chi connectivity index (χ1) is 6.33. The van der Waals surface area contributed by atoms with Gasteiger partial charge in [-0.15, -0.1) is 0 Å². The fourth-order valence-corrected chi connectivity index (χ4v) is 2.18. The molecule has 0 saturated heterocycles. The first-order valence-electron chi connectivity index (χ1n) is 5.88. The highest BCUT2D eigenvalue weighted by Crippen LogP contribution is 2.39. The third kappa shape index (κ3) is 3.30. The van der Waals surface area contributed by atoms with E-state index in [1.54, 1.807) is 0 Å². The molecule has 13 heavy (non-hydrogen) atoms. The SMILES string of the molecule is CCCCCCCC1(OC)CCC1. The van der Waals surface area contributed by atoms with Gasteiger partial charge in [0.05, 0.1) is 5.60 Å². The van der Waals surface area contributed by atoms with Gasteiger partial charge in [0.25, 0.3) is 0 Å². The first kappa shape index (κ1) is 11.0. The van der Waals surface area contributed by atoms with Crippen LogP contribution in [0, 0.1) is 0 Å². The predicted octanol–water partition coefficient (Wildman–Crippen LogP) is 3.92. The van der Waals surface area contributed by atoms with Crippen molar-refractivity contribution in [3.8, 4) is 0 Å². The standard InChI is InChI=1S/C12H24O/c1-3-4-5-6-7-9-12(13-2)10-8-11-12/h3-11H2,1-2H3. The monoisotopic (exact) mass is 184 g/mol. The molecule has 0 spiro atoms. The Morgan fingerprint density at radius 2 is 1.77 bits per heavy atom. The minimum absolute atomic E-state index is 0.312. The van der Waals surface area contributed by atoms with Crippen LogP contribution >= 0.6 is 0 Å². The second kappa shape index (κ2) is 5.64. The lowest BCUT2D eigenvalue weighted by Gasteiger charge is -2.40. The molecular formula is C12H24O. The summed E-state index contributed by atoms with van der Waals surface area (Å²) in [7, 11) is 1.88. The van der Waals surface area contributed by atoms with Gasteiger partial charge in [-0.05, 0) is 25.7 Å². The maximum absolute atomic E-state index is 5.58. The van der Waals surface area contributed by atoms with E-state index in [0.717, 1.165) is 0 Å². The van der Waals surface area contributed by atoms with Gasteiger partial charge in [0, 0.05) is 7.11 Å². The lowest BCUT2D eigenvalue weighted by atomic mass is 9.76. The molecule has 1 saturated carbocycles. The van der Waals surface area contributed by atoms with Crippen molar-refractivity contribution in [3.63, 3.8) is 0 Å². The molecule has 0 amide bonds. The second-order valence-corrected chi connectivity index (χ2v) is 4.40. The minimum Gasteiger partial charge on any atom is -0.378 e. The maximum atomic E-state index is 5.58. The van der Waals surface area contributed by atoms with Gasteiger partial charge >= 0.3 is 0 Å². The van der Waals surface area contributed by atoms with Crippen LogP contribution in [-0.2, 0) is 4.74 Å². The van der Waals surface area contributed by atoms with Crippen molar-refractivity contribution in [3.05, 3.63) is 0 Å². The van der Waals surface area contributed by atoms with Crippen LogP contribution in [0.15, 0.2) is 0 Å². The molecule has 0 aromatic heterocycles. The van der Waals surface area contributed by atoms with Gasteiger partial charge in [0.1, 0.15) is 0 Å². The molecule has 1 fully saturated rings. The molecule has 0 aromatic carbocycles. The lowest BCUT2D eigenvalue weighted by molar-refractivity contribution is -0.0789. The first-order valence-corrected chi connectivity index (χ1v) is 5.88. The zero-order chi connectivity index (χ0) is 9.57. The zero-order valence-electron chi connectivity index (χ0n) is 9.27. The van der Waals surface area contributed by atoms with Gasteiger partial charge < -0.3 is 4.74 Å². The van der Waals surface area contributed by atoms with Gasteiger partial charge in [0.15, 0.2) is 0 Å². The van der Waals surface area contributed by atoms with Crippen molar-refractivity contribution in [1.29, 1.82) is 0 Å². The number of rotatable bonds is 7. The normalized spacial score (nSPS) is 19.8. The highest BCUT2D eigenvalue weighted by atomic mass is 16.5. The van der Waals surface area contributed by atoms with E-state index in [1.165, 1.54) is 57.8 Å². The van der Waals surface area contributed by atoms with Crippen LogP contribution in [0.25, 0.3) is 0 Å². The van der Waals surface area contributed by atoms with Gasteiger partial charge in [-0.1, -0.05) is 39.0 Å². The summed E-state index contributed by atoms with van der Waals surface area (Å²) in [5.74, 6) is 0. The summed E-state index contributed by atoms with van der Waals surface area (Å²) in [5, 5.41) is 0. The van der Waals surface area contributed by atoms with Gasteiger partial charge in [-0.25, -0.2) is 0 Å². The van der Waals surface area contributed by atoms with Gasteiger partial charge in [-0.2, -0.15) is 0 Å². The summed E-state index contributed by atoms with van der Waals surface area (Å²) < 4.78 is 5.58. The fraction of sp³-hybridized carbons (Fsp3) is 1.00. The highest BCUT2D eigenvalue weighted by Gasteiger charge is 2.35. The van der Waals surface area contributed by atoms with Crippen LogP contribution < -0.4 is 0 Å². The summed E-state index contributed by atoms with van der Waals surface area (Å²) in [5.41, 5.74) is 0.312. The molecule has 78 valence electrons. The number of hydrogen-bond donors (Lipinski definition) is 0. The minimum atomic E-state index is 0.312. The Morgan fingerprint density at radius 3 is 2.23 bits per heavy atom. The number of methoxy groups -OCH3 is 1. The molecule has 1 aliphatic rings. The van der Waals surface area contributed by atoms with Crippen LogP contribution in [0.3, 0.4) is 0 Å². The van der Waals surface area contributed by atoms with Gasteiger partial charge in [-0.3, -0.25) is 0 Å². The van der Waals surface area contributed by atoms with E-state index >= 15 is 0 Å². The molecule has 0 bridgehead atoms. The van der Waals surface area contributed by atoms with Crippen molar-refractivity contribution in [2.24, 2.45) is 0 Å². The number of hydrogen-bond acceptors (Lipinski definition) is 1. The van der Waals surface area contributed by atoms with Crippen molar-refractivity contribution in [1.82, 2.24) is 0 Å². The molecule has 1 aliphatic carbocycles. The third-order valence-corrected chi connectivity index (χ3v) is 3.43. The van der Waals surface area contributed by atoms with E-state index in [2.05, 4.69) is 6.92 Å². The van der Waals surface area contributed by atoms with E-state index in [4.69, 9.17) is 4.74 Å². The van der Waals surface area contributed by atoms with Crippen LogP contribution in [0.5, 0.6) is 0 Å². The largest absolute Gasteiger partial charge is 0.378 e. The molecule has 0 unspecified atom stereocenters. The molecule has 0 atom stereocenters. The molecule has 0 radical (unpaired) electrons. The van der Waals surface area contributed by atoms with E-state index in [-0.39, 0.29) is 0 Å². The summed E-state index contributed by atoms with van der Waals surface area (Å²) in [4.78, 5) is 0. The Morgan fingerprint density at radius 1 is 1.08 bits per heavy atom. The Labute approximate surface area is 82.9 Å². The topological polar surface area (TPSA) is 9.23 Å². The fourth-order valence-electron chi connectivity index (χ4n) is 2.18. The third-order valence-electron chi connectivity index (χ3n) is 3.43. The van der Waals surface area contributed by atoms with Crippen molar-refractivity contribution in [2.75, 3.05) is 7.11 Å². The Kier molecular flexibility index (Phi) is 4.79. The van der Waals surface area contributed by atoms with E-state index in [9.17, 15) is 0 Å². The van der Waals surface area contributed by atoms with Crippen LogP contribution in [-0.4, -0.2) is 12.7 Å². The lowest BCUT2D eigenvalue weighted by Crippen LogP contribution is -2.38. The summed E-state index contributed by atoms with van der Waals surface area (Å²) in [6.45, 7) is 2.27. The zero-order valence-corrected chi connectivity index (χ0v) is 9.27.